The number of benzene rings is 1. The van der Waals surface area contributed by atoms with E-state index in [1.165, 1.54) is 16.5 Å². The van der Waals surface area contributed by atoms with Crippen LogP contribution in [0.3, 0.4) is 0 Å². The van der Waals surface area contributed by atoms with Gasteiger partial charge in [0.2, 0.25) is 0 Å². The fourth-order valence-electron chi connectivity index (χ4n) is 2.63. The first kappa shape index (κ1) is 12.9. The molecule has 0 radical (unpaired) electrons. The van der Waals surface area contributed by atoms with E-state index in [2.05, 4.69) is 51.5 Å². The zero-order chi connectivity index (χ0) is 13.9. The molecule has 0 unspecified atom stereocenters. The Hall–Kier alpha value is -2.07. The topological polar surface area (TPSA) is 34.8 Å². The number of nitrogens with one attached hydrogen (secondary N) is 1. The second-order valence-electron chi connectivity index (χ2n) is 5.13. The summed E-state index contributed by atoms with van der Waals surface area (Å²) in [6.45, 7) is 1.82. The van der Waals surface area contributed by atoms with Gasteiger partial charge in [-0.25, -0.2) is 0 Å². The second-order valence-corrected chi connectivity index (χ2v) is 5.13. The summed E-state index contributed by atoms with van der Waals surface area (Å²) in [5, 5.41) is 9.03. The van der Waals surface area contributed by atoms with E-state index in [1.807, 2.05) is 25.0 Å². The van der Waals surface area contributed by atoms with Crippen LogP contribution < -0.4 is 5.32 Å². The number of rotatable bonds is 5. The van der Waals surface area contributed by atoms with Gasteiger partial charge >= 0.3 is 0 Å². The molecule has 0 amide bonds. The maximum Gasteiger partial charge on any atom is 0.0821 e. The minimum Gasteiger partial charge on any atom is -0.341 e. The van der Waals surface area contributed by atoms with Gasteiger partial charge in [-0.1, -0.05) is 18.2 Å². The first-order chi connectivity index (χ1) is 9.78. The number of para-hydroxylation sites is 1. The molecule has 0 aliphatic carbocycles. The van der Waals surface area contributed by atoms with Gasteiger partial charge in [0.25, 0.3) is 0 Å². The lowest BCUT2D eigenvalue weighted by Gasteiger charge is -2.02. The summed E-state index contributed by atoms with van der Waals surface area (Å²) in [5.74, 6) is 0. The van der Waals surface area contributed by atoms with Gasteiger partial charge in [-0.05, 0) is 37.7 Å². The third-order valence-electron chi connectivity index (χ3n) is 3.62. The van der Waals surface area contributed by atoms with Crippen LogP contribution in [0.2, 0.25) is 0 Å². The highest BCUT2D eigenvalue weighted by Gasteiger charge is 2.08. The van der Waals surface area contributed by atoms with Gasteiger partial charge in [0, 0.05) is 30.3 Å². The molecule has 1 N–H and O–H groups in total. The molecular formula is C16H20N4. The lowest BCUT2D eigenvalue weighted by Crippen LogP contribution is -2.10. The van der Waals surface area contributed by atoms with E-state index in [0.717, 1.165) is 25.2 Å². The molecular weight excluding hydrogens is 248 g/mol. The molecule has 1 aromatic carbocycles. The highest BCUT2D eigenvalue weighted by atomic mass is 15.3. The fourth-order valence-corrected chi connectivity index (χ4v) is 2.63. The molecule has 2 heterocycles. The zero-order valence-electron chi connectivity index (χ0n) is 12.0. The number of aryl methyl sites for hydroxylation is 1. The highest BCUT2D eigenvalue weighted by Crippen LogP contribution is 2.22. The van der Waals surface area contributed by atoms with Gasteiger partial charge in [0.1, 0.15) is 0 Å². The molecule has 0 fully saturated rings. The fraction of sp³-hybridized carbons (Fsp3) is 0.312. The highest BCUT2D eigenvalue weighted by molar-refractivity contribution is 5.84. The van der Waals surface area contributed by atoms with Gasteiger partial charge in [-0.15, -0.1) is 0 Å². The predicted octanol–water partition coefficient (Wildman–Crippen LogP) is 2.18. The van der Waals surface area contributed by atoms with Gasteiger partial charge in [0.05, 0.1) is 12.2 Å². The number of nitrogens with zero attached hydrogens (tertiary/aromatic N) is 3. The second kappa shape index (κ2) is 5.51. The Labute approximate surface area is 119 Å². The van der Waals surface area contributed by atoms with E-state index in [4.69, 9.17) is 0 Å². The number of fused-ring (bicyclic) bond motifs is 1. The normalized spacial score (nSPS) is 11.3. The molecule has 0 saturated carbocycles. The van der Waals surface area contributed by atoms with E-state index < -0.39 is 0 Å². The van der Waals surface area contributed by atoms with Crippen molar-refractivity contribution in [1.29, 1.82) is 0 Å². The summed E-state index contributed by atoms with van der Waals surface area (Å²) >= 11 is 0. The molecule has 20 heavy (non-hydrogen) atoms. The predicted molar refractivity (Wildman–Crippen MR) is 81.9 cm³/mol. The first-order valence-corrected chi connectivity index (χ1v) is 6.98. The SMILES string of the molecule is CNCCc1cn(Cc2ccn(C)n2)c2ccccc12. The molecule has 3 rings (SSSR count). The van der Waals surface area contributed by atoms with E-state index in [9.17, 15) is 0 Å². The molecule has 0 spiro atoms. The third kappa shape index (κ3) is 2.47. The van der Waals surface area contributed by atoms with Crippen LogP contribution in [0.25, 0.3) is 10.9 Å². The van der Waals surface area contributed by atoms with Crippen LogP contribution in [0.4, 0.5) is 0 Å². The first-order valence-electron chi connectivity index (χ1n) is 6.98. The number of hydrogen-bond acceptors (Lipinski definition) is 2. The Morgan fingerprint density at radius 1 is 1.20 bits per heavy atom. The monoisotopic (exact) mass is 268 g/mol. The third-order valence-corrected chi connectivity index (χ3v) is 3.62. The molecule has 0 aliphatic rings. The standard InChI is InChI=1S/C16H20N4/c1-17-9-7-13-11-20(12-14-8-10-19(2)18-14)16-6-4-3-5-15(13)16/h3-6,8,10-11,17H,7,9,12H2,1-2H3. The molecule has 0 bridgehead atoms. The summed E-state index contributed by atoms with van der Waals surface area (Å²) < 4.78 is 4.14. The molecule has 0 aliphatic heterocycles. The Bertz CT molecular complexity index is 708. The number of hydrogen-bond donors (Lipinski definition) is 1. The minimum atomic E-state index is 0.820. The minimum absolute atomic E-state index is 0.820. The van der Waals surface area contributed by atoms with Crippen molar-refractivity contribution in [2.75, 3.05) is 13.6 Å². The van der Waals surface area contributed by atoms with Crippen LogP contribution in [0, 0.1) is 0 Å². The molecule has 3 aromatic rings. The van der Waals surface area contributed by atoms with Crippen molar-refractivity contribution < 1.29 is 0 Å². The average Bonchev–Trinajstić information content (AvgIpc) is 3.02. The van der Waals surface area contributed by atoms with E-state index in [0.29, 0.717) is 0 Å². The molecule has 104 valence electrons. The maximum atomic E-state index is 4.47. The number of aromatic nitrogens is 3. The van der Waals surface area contributed by atoms with Crippen molar-refractivity contribution in [3.63, 3.8) is 0 Å². The van der Waals surface area contributed by atoms with Gasteiger partial charge in [0.15, 0.2) is 0 Å². The van der Waals surface area contributed by atoms with E-state index >= 15 is 0 Å². The quantitative estimate of drug-likeness (QED) is 0.770. The van der Waals surface area contributed by atoms with Crippen LogP contribution >= 0.6 is 0 Å². The van der Waals surface area contributed by atoms with Crippen LogP contribution in [0.5, 0.6) is 0 Å². The van der Waals surface area contributed by atoms with Crippen molar-refractivity contribution in [2.24, 2.45) is 7.05 Å². The van der Waals surface area contributed by atoms with Crippen molar-refractivity contribution in [3.05, 3.63) is 54.0 Å². The van der Waals surface area contributed by atoms with Gasteiger partial charge in [-0.3, -0.25) is 4.68 Å². The number of likely N-dealkylation sites (N-methyl/N-ethyl adjacent to an activating group) is 1. The molecule has 0 saturated heterocycles. The van der Waals surface area contributed by atoms with Crippen molar-refractivity contribution in [2.45, 2.75) is 13.0 Å². The van der Waals surface area contributed by atoms with Crippen molar-refractivity contribution >= 4 is 10.9 Å². The Morgan fingerprint density at radius 3 is 2.80 bits per heavy atom. The molecule has 0 atom stereocenters. The van der Waals surface area contributed by atoms with Crippen LogP contribution in [0.15, 0.2) is 42.7 Å². The Balaban J connectivity index is 1.97. The summed E-state index contributed by atoms with van der Waals surface area (Å²) in [4.78, 5) is 0. The van der Waals surface area contributed by atoms with Crippen LogP contribution in [-0.4, -0.2) is 27.9 Å². The summed E-state index contributed by atoms with van der Waals surface area (Å²) in [6.07, 6.45) is 5.30. The molecule has 2 aromatic heterocycles. The summed E-state index contributed by atoms with van der Waals surface area (Å²) in [5.41, 5.74) is 3.77. The van der Waals surface area contributed by atoms with E-state index in [1.54, 1.807) is 0 Å². The maximum absolute atomic E-state index is 4.47. The molecule has 4 heteroatoms. The van der Waals surface area contributed by atoms with E-state index in [-0.39, 0.29) is 0 Å². The zero-order valence-corrected chi connectivity index (χ0v) is 12.0. The lowest BCUT2D eigenvalue weighted by molar-refractivity contribution is 0.714. The smallest absolute Gasteiger partial charge is 0.0821 e. The summed E-state index contributed by atoms with van der Waals surface area (Å²) in [7, 11) is 3.95. The van der Waals surface area contributed by atoms with Crippen molar-refractivity contribution in [3.8, 4) is 0 Å². The van der Waals surface area contributed by atoms with Crippen molar-refractivity contribution in [1.82, 2.24) is 19.7 Å². The van der Waals surface area contributed by atoms with Gasteiger partial charge < -0.3 is 9.88 Å². The Kier molecular flexibility index (Phi) is 3.56. The molecule has 4 nitrogen and oxygen atoms in total. The Morgan fingerprint density at radius 2 is 2.05 bits per heavy atom. The largest absolute Gasteiger partial charge is 0.341 e. The van der Waals surface area contributed by atoms with Gasteiger partial charge in [-0.2, -0.15) is 5.10 Å². The van der Waals surface area contributed by atoms with Crippen LogP contribution in [-0.2, 0) is 20.0 Å². The van der Waals surface area contributed by atoms with Crippen LogP contribution in [0.1, 0.15) is 11.3 Å². The average molecular weight is 268 g/mol. The summed E-state index contributed by atoms with van der Waals surface area (Å²) in [6, 6.07) is 10.7. The lowest BCUT2D eigenvalue weighted by atomic mass is 10.1.